The van der Waals surface area contributed by atoms with Gasteiger partial charge in [0.1, 0.15) is 0 Å². The average Bonchev–Trinajstić information content (AvgIpc) is 2.11. The maximum Gasteiger partial charge on any atom is 0.307 e. The first-order valence-electron chi connectivity index (χ1n) is 4.37. The Hall–Kier alpha value is -1.36. The molecule has 5 N–H and O–H groups in total. The third-order valence-electron chi connectivity index (χ3n) is 2.08. The molecule has 0 aliphatic heterocycles. The van der Waals surface area contributed by atoms with Crippen LogP contribution in [0.5, 0.6) is 0 Å². The topological polar surface area (TPSA) is 106 Å². The number of primary amides is 1. The predicted molar refractivity (Wildman–Crippen MR) is 52.4 cm³/mol. The highest BCUT2D eigenvalue weighted by Crippen LogP contribution is 2.14. The Kier molecular flexibility index (Phi) is 4.86. The Bertz CT molecular complexity index is 271. The largest absolute Gasteiger partial charge is 0.481 e. The minimum Gasteiger partial charge on any atom is -0.481 e. The Morgan fingerprint density at radius 1 is 1.43 bits per heavy atom. The monoisotopic (exact) mass is 200 g/mol. The molecule has 0 aromatic carbocycles. The number of carbonyl (C=O) groups is 2. The first kappa shape index (κ1) is 12.6. The number of carboxylic acids is 1. The van der Waals surface area contributed by atoms with E-state index in [4.69, 9.17) is 16.6 Å². The number of rotatable bonds is 5. The van der Waals surface area contributed by atoms with Crippen molar-refractivity contribution < 1.29 is 14.7 Å². The zero-order valence-electron chi connectivity index (χ0n) is 8.41. The minimum atomic E-state index is -1.01. The number of hydrogen-bond donors (Lipinski definition) is 3. The summed E-state index contributed by atoms with van der Waals surface area (Å²) in [5.74, 6) is -1.63. The van der Waals surface area contributed by atoms with Crippen molar-refractivity contribution in [3.63, 3.8) is 0 Å². The van der Waals surface area contributed by atoms with Gasteiger partial charge in [0.25, 0.3) is 0 Å². The second kappa shape index (κ2) is 5.39. The third kappa shape index (κ3) is 3.57. The Labute approximate surface area is 82.8 Å². The van der Waals surface area contributed by atoms with Crippen LogP contribution in [0.3, 0.4) is 0 Å². The summed E-state index contributed by atoms with van der Waals surface area (Å²) in [7, 11) is 0. The lowest BCUT2D eigenvalue weighted by molar-refractivity contribution is -0.136. The molecule has 1 atom stereocenters. The Morgan fingerprint density at radius 2 is 1.93 bits per heavy atom. The van der Waals surface area contributed by atoms with Crippen molar-refractivity contribution >= 4 is 11.9 Å². The van der Waals surface area contributed by atoms with Gasteiger partial charge in [0.15, 0.2) is 0 Å². The van der Waals surface area contributed by atoms with E-state index >= 15 is 0 Å². The molecule has 0 rings (SSSR count). The number of hydrogen-bond acceptors (Lipinski definition) is 3. The van der Waals surface area contributed by atoms with E-state index in [1.54, 1.807) is 0 Å². The van der Waals surface area contributed by atoms with Gasteiger partial charge in [0.05, 0.1) is 6.42 Å². The smallest absolute Gasteiger partial charge is 0.307 e. The summed E-state index contributed by atoms with van der Waals surface area (Å²) in [6.45, 7) is 3.32. The molecule has 0 saturated carbocycles. The second-order valence-corrected chi connectivity index (χ2v) is 3.10. The van der Waals surface area contributed by atoms with E-state index in [9.17, 15) is 9.59 Å². The lowest BCUT2D eigenvalue weighted by Gasteiger charge is -2.14. The summed E-state index contributed by atoms with van der Waals surface area (Å²) in [5, 5.41) is 8.62. The van der Waals surface area contributed by atoms with Crippen molar-refractivity contribution in [2.75, 3.05) is 0 Å². The summed E-state index contributed by atoms with van der Waals surface area (Å²) >= 11 is 0. The van der Waals surface area contributed by atoms with E-state index < -0.39 is 17.9 Å². The van der Waals surface area contributed by atoms with E-state index in [0.29, 0.717) is 12.0 Å². The van der Waals surface area contributed by atoms with Gasteiger partial charge < -0.3 is 16.6 Å². The van der Waals surface area contributed by atoms with Gasteiger partial charge in [-0.1, -0.05) is 6.92 Å². The zero-order chi connectivity index (χ0) is 11.3. The van der Waals surface area contributed by atoms with Gasteiger partial charge in [0.2, 0.25) is 5.91 Å². The highest BCUT2D eigenvalue weighted by Gasteiger charge is 2.16. The average molecular weight is 200 g/mol. The molecule has 0 bridgehead atoms. The second-order valence-electron chi connectivity index (χ2n) is 3.10. The Morgan fingerprint density at radius 3 is 2.21 bits per heavy atom. The van der Waals surface area contributed by atoms with Gasteiger partial charge >= 0.3 is 5.97 Å². The van der Waals surface area contributed by atoms with Crippen molar-refractivity contribution in [1.82, 2.24) is 0 Å². The van der Waals surface area contributed by atoms with Crippen molar-refractivity contribution in [1.29, 1.82) is 0 Å². The van der Waals surface area contributed by atoms with Crippen LogP contribution >= 0.6 is 0 Å². The fourth-order valence-corrected chi connectivity index (χ4v) is 1.11. The van der Waals surface area contributed by atoms with Crippen LogP contribution in [0, 0.1) is 0 Å². The van der Waals surface area contributed by atoms with Gasteiger partial charge in [-0.05, 0) is 18.9 Å². The van der Waals surface area contributed by atoms with Crippen molar-refractivity contribution in [3.8, 4) is 0 Å². The molecule has 0 spiro atoms. The highest BCUT2D eigenvalue weighted by molar-refractivity contribution is 5.93. The van der Waals surface area contributed by atoms with E-state index in [1.165, 1.54) is 6.92 Å². The van der Waals surface area contributed by atoms with Crippen molar-refractivity contribution in [3.05, 3.63) is 11.1 Å². The van der Waals surface area contributed by atoms with Crippen molar-refractivity contribution in [2.24, 2.45) is 11.5 Å². The van der Waals surface area contributed by atoms with E-state index in [2.05, 4.69) is 0 Å². The first-order valence-corrected chi connectivity index (χ1v) is 4.37. The summed E-state index contributed by atoms with van der Waals surface area (Å²) in [6, 6.07) is -0.418. The van der Waals surface area contributed by atoms with Crippen LogP contribution < -0.4 is 11.5 Å². The Balaban J connectivity index is 4.97. The van der Waals surface area contributed by atoms with Crippen LogP contribution in [0.25, 0.3) is 0 Å². The molecule has 0 aromatic rings. The molecule has 0 saturated heterocycles. The van der Waals surface area contributed by atoms with Gasteiger partial charge in [-0.2, -0.15) is 0 Å². The van der Waals surface area contributed by atoms with Gasteiger partial charge in [-0.15, -0.1) is 0 Å². The quantitative estimate of drug-likeness (QED) is 0.543. The van der Waals surface area contributed by atoms with Crippen LogP contribution in [0.1, 0.15) is 26.7 Å². The lowest BCUT2D eigenvalue weighted by atomic mass is 9.97. The summed E-state index contributed by atoms with van der Waals surface area (Å²) in [4.78, 5) is 21.4. The van der Waals surface area contributed by atoms with E-state index in [1.807, 2.05) is 6.92 Å². The maximum atomic E-state index is 10.9. The normalized spacial score (nSPS) is 14.5. The molecule has 80 valence electrons. The molecule has 5 heteroatoms. The van der Waals surface area contributed by atoms with Gasteiger partial charge in [-0.3, -0.25) is 9.59 Å². The summed E-state index contributed by atoms with van der Waals surface area (Å²) in [5.41, 5.74) is 11.4. The molecule has 14 heavy (non-hydrogen) atoms. The van der Waals surface area contributed by atoms with Gasteiger partial charge in [0, 0.05) is 11.6 Å². The molecule has 5 nitrogen and oxygen atoms in total. The molecule has 0 heterocycles. The molecule has 0 aliphatic carbocycles. The van der Waals surface area contributed by atoms with E-state index in [0.717, 1.165) is 0 Å². The lowest BCUT2D eigenvalue weighted by Crippen LogP contribution is -2.27. The predicted octanol–water partition coefficient (Wildman–Crippen LogP) is 0.000200. The molecular formula is C9H16N2O3. The van der Waals surface area contributed by atoms with Crippen LogP contribution in [-0.2, 0) is 9.59 Å². The van der Waals surface area contributed by atoms with Crippen LogP contribution in [0.15, 0.2) is 11.1 Å². The van der Waals surface area contributed by atoms with Crippen LogP contribution in [0.4, 0.5) is 0 Å². The van der Waals surface area contributed by atoms with Crippen molar-refractivity contribution in [2.45, 2.75) is 32.7 Å². The first-order chi connectivity index (χ1) is 6.40. The molecule has 0 fully saturated rings. The summed E-state index contributed by atoms with van der Waals surface area (Å²) < 4.78 is 0. The third-order valence-corrected chi connectivity index (χ3v) is 2.08. The van der Waals surface area contributed by atoms with Crippen LogP contribution in [0.2, 0.25) is 0 Å². The molecule has 0 aromatic heterocycles. The van der Waals surface area contributed by atoms with Gasteiger partial charge in [-0.25, -0.2) is 0 Å². The van der Waals surface area contributed by atoms with Crippen LogP contribution in [-0.4, -0.2) is 23.0 Å². The minimum absolute atomic E-state index is 0.232. The molecule has 1 unspecified atom stereocenters. The highest BCUT2D eigenvalue weighted by atomic mass is 16.4. The molecule has 0 radical (unpaired) electrons. The SMILES string of the molecule is CCC(N)C(CC(=O)O)=C(C)C(N)=O. The summed E-state index contributed by atoms with van der Waals surface area (Å²) in [6.07, 6.45) is 0.344. The zero-order valence-corrected chi connectivity index (χ0v) is 8.41. The number of carboxylic acid groups (broad SMARTS) is 1. The number of aliphatic carboxylic acids is 1. The molecule has 0 aliphatic rings. The fraction of sp³-hybridized carbons (Fsp3) is 0.556. The molecule has 1 amide bonds. The standard InChI is InChI=1S/C9H16N2O3/c1-3-7(10)6(4-8(12)13)5(2)9(11)14/h7H,3-4,10H2,1-2H3,(H2,11,14)(H,12,13). The number of carbonyl (C=O) groups excluding carboxylic acids is 1. The molecular weight excluding hydrogens is 184 g/mol. The number of amides is 1. The van der Waals surface area contributed by atoms with E-state index in [-0.39, 0.29) is 12.0 Å². The fourth-order valence-electron chi connectivity index (χ4n) is 1.11. The number of nitrogens with two attached hydrogens (primary N) is 2. The maximum absolute atomic E-state index is 10.9.